The molecule has 1 heteroatoms. The van der Waals surface area contributed by atoms with Gasteiger partial charge in [-0.25, -0.2) is 0 Å². The van der Waals surface area contributed by atoms with Crippen molar-refractivity contribution in [3.05, 3.63) is 258 Å². The summed E-state index contributed by atoms with van der Waals surface area (Å²) in [5, 5.41) is 0. The second-order valence-corrected chi connectivity index (χ2v) is 16.4. The Balaban J connectivity index is 1.22. The molecule has 0 amide bonds. The molecule has 0 bridgehead atoms. The summed E-state index contributed by atoms with van der Waals surface area (Å²) in [6.45, 7) is 4.75. The van der Waals surface area contributed by atoms with Crippen molar-refractivity contribution in [2.75, 3.05) is 4.90 Å². The molecule has 0 saturated heterocycles. The highest BCUT2D eigenvalue weighted by molar-refractivity contribution is 5.99. The molecule has 0 aromatic heterocycles. The summed E-state index contributed by atoms with van der Waals surface area (Å²) in [7, 11) is 0. The van der Waals surface area contributed by atoms with Gasteiger partial charge in [-0.2, -0.15) is 0 Å². The van der Waals surface area contributed by atoms with Gasteiger partial charge in [-0.15, -0.1) is 0 Å². The van der Waals surface area contributed by atoms with Gasteiger partial charge in [0, 0.05) is 27.9 Å². The van der Waals surface area contributed by atoms with Crippen molar-refractivity contribution in [1.82, 2.24) is 0 Å². The number of rotatable bonds is 7. The summed E-state index contributed by atoms with van der Waals surface area (Å²) in [5.41, 5.74) is 20.5. The zero-order valence-corrected chi connectivity index (χ0v) is 33.3. The van der Waals surface area contributed by atoms with Crippen LogP contribution in [0.1, 0.15) is 47.2 Å². The molecule has 0 atom stereocenters. The van der Waals surface area contributed by atoms with Gasteiger partial charge in [-0.05, 0) is 91.0 Å². The highest BCUT2D eigenvalue weighted by Gasteiger charge is 2.46. The number of nitrogens with zero attached hydrogens (tertiary/aromatic N) is 1. The molecule has 0 radical (unpaired) electrons. The van der Waals surface area contributed by atoms with Crippen molar-refractivity contribution in [3.63, 3.8) is 0 Å². The van der Waals surface area contributed by atoms with Gasteiger partial charge < -0.3 is 4.90 Å². The Morgan fingerprint density at radius 3 is 1.32 bits per heavy atom. The van der Waals surface area contributed by atoms with Crippen LogP contribution in [-0.2, 0) is 10.8 Å². The molecular formula is C58H43N. The lowest BCUT2D eigenvalue weighted by atomic mass is 9.68. The van der Waals surface area contributed by atoms with E-state index in [4.69, 9.17) is 0 Å². The van der Waals surface area contributed by atoms with E-state index in [0.29, 0.717) is 0 Å². The lowest BCUT2D eigenvalue weighted by molar-refractivity contribution is 0.660. The largest absolute Gasteiger partial charge is 0.309 e. The Bertz CT molecular complexity index is 2900. The lowest BCUT2D eigenvalue weighted by Gasteiger charge is -2.34. The smallest absolute Gasteiger partial charge is 0.0713 e. The van der Waals surface area contributed by atoms with Crippen LogP contribution in [0, 0.1) is 0 Å². The fourth-order valence-electron chi connectivity index (χ4n) is 10.3. The van der Waals surface area contributed by atoms with Crippen molar-refractivity contribution in [2.24, 2.45) is 0 Å². The summed E-state index contributed by atoms with van der Waals surface area (Å²) < 4.78 is 0. The first-order valence-electron chi connectivity index (χ1n) is 20.7. The molecule has 59 heavy (non-hydrogen) atoms. The Morgan fingerprint density at radius 1 is 0.305 bits per heavy atom. The molecule has 0 spiro atoms. The molecule has 0 unspecified atom stereocenters. The summed E-state index contributed by atoms with van der Waals surface area (Å²) in [5.74, 6) is 0. The van der Waals surface area contributed by atoms with Gasteiger partial charge in [0.25, 0.3) is 0 Å². The fourth-order valence-corrected chi connectivity index (χ4v) is 10.3. The average Bonchev–Trinajstić information content (AvgIpc) is 3.73. The molecule has 0 saturated carbocycles. The van der Waals surface area contributed by atoms with E-state index in [1.54, 1.807) is 0 Å². The van der Waals surface area contributed by atoms with Crippen LogP contribution in [0.3, 0.4) is 0 Å². The van der Waals surface area contributed by atoms with E-state index in [1.165, 1.54) is 77.9 Å². The normalized spacial score (nSPS) is 13.9. The summed E-state index contributed by atoms with van der Waals surface area (Å²) in [6, 6.07) is 83.0. The molecule has 0 heterocycles. The third-order valence-electron chi connectivity index (χ3n) is 13.0. The van der Waals surface area contributed by atoms with E-state index in [2.05, 4.69) is 243 Å². The summed E-state index contributed by atoms with van der Waals surface area (Å²) in [4.78, 5) is 2.54. The highest BCUT2D eigenvalue weighted by atomic mass is 15.1. The number of para-hydroxylation sites is 1. The monoisotopic (exact) mass is 753 g/mol. The standard InChI is InChI=1S/C58H43N/c1-57(2)52-32-17-15-28-48(52)50-36-34-45(39-55(50)57)59(56-46(40-20-7-3-8-21-40)30-19-31-47(56)41-22-9-4-10-23-41)44-35-37-54-51(38-44)49-29-16-18-33-53(49)58(54,42-24-11-5-12-25-42)43-26-13-6-14-27-43/h3-39H,1-2H3. The Kier molecular flexibility index (Phi) is 8.13. The average molecular weight is 754 g/mol. The van der Waals surface area contributed by atoms with Crippen LogP contribution < -0.4 is 4.90 Å². The SMILES string of the molecule is CC1(C)c2ccccc2-c2ccc(N(c3ccc4c(c3)-c3ccccc3C4(c3ccccc3)c3ccccc3)c3c(-c4ccccc4)cccc3-c3ccccc3)cc21. The number of hydrogen-bond acceptors (Lipinski definition) is 1. The predicted molar refractivity (Wildman–Crippen MR) is 247 cm³/mol. The van der Waals surface area contributed by atoms with Crippen molar-refractivity contribution in [2.45, 2.75) is 24.7 Å². The zero-order chi connectivity index (χ0) is 39.6. The van der Waals surface area contributed by atoms with Crippen LogP contribution in [0.25, 0.3) is 44.5 Å². The maximum Gasteiger partial charge on any atom is 0.0713 e. The molecule has 9 aromatic rings. The predicted octanol–water partition coefficient (Wildman–Crippen LogP) is 15.2. The highest BCUT2D eigenvalue weighted by Crippen LogP contribution is 2.58. The first kappa shape index (κ1) is 35.0. The zero-order valence-electron chi connectivity index (χ0n) is 33.3. The van der Waals surface area contributed by atoms with Gasteiger partial charge in [0.15, 0.2) is 0 Å². The first-order chi connectivity index (χ1) is 29.0. The van der Waals surface area contributed by atoms with E-state index in [1.807, 2.05) is 0 Å². The van der Waals surface area contributed by atoms with Crippen LogP contribution in [0.4, 0.5) is 17.1 Å². The Morgan fingerprint density at radius 2 is 0.729 bits per heavy atom. The number of anilines is 3. The molecule has 0 fully saturated rings. The van der Waals surface area contributed by atoms with Gasteiger partial charge in [0.2, 0.25) is 0 Å². The molecule has 2 aliphatic carbocycles. The maximum absolute atomic E-state index is 2.54. The Hall–Kier alpha value is -7.22. The molecule has 1 nitrogen and oxygen atoms in total. The minimum Gasteiger partial charge on any atom is -0.309 e. The number of fused-ring (bicyclic) bond motifs is 6. The third kappa shape index (κ3) is 5.31. The molecule has 280 valence electrons. The summed E-state index contributed by atoms with van der Waals surface area (Å²) in [6.07, 6.45) is 0. The van der Waals surface area contributed by atoms with Crippen molar-refractivity contribution in [3.8, 4) is 44.5 Å². The van der Waals surface area contributed by atoms with E-state index in [0.717, 1.165) is 17.1 Å². The third-order valence-corrected chi connectivity index (χ3v) is 13.0. The molecule has 0 aliphatic heterocycles. The van der Waals surface area contributed by atoms with Gasteiger partial charge in [0.1, 0.15) is 0 Å². The van der Waals surface area contributed by atoms with Crippen LogP contribution in [-0.4, -0.2) is 0 Å². The lowest BCUT2D eigenvalue weighted by Crippen LogP contribution is -2.28. The van der Waals surface area contributed by atoms with Gasteiger partial charge in [-0.1, -0.05) is 214 Å². The minimum absolute atomic E-state index is 0.156. The fraction of sp³-hybridized carbons (Fsp3) is 0.0690. The molecule has 0 N–H and O–H groups in total. The molecule has 9 aromatic carbocycles. The van der Waals surface area contributed by atoms with Crippen LogP contribution in [0.2, 0.25) is 0 Å². The van der Waals surface area contributed by atoms with Crippen molar-refractivity contribution >= 4 is 17.1 Å². The second-order valence-electron chi connectivity index (χ2n) is 16.4. The van der Waals surface area contributed by atoms with E-state index in [9.17, 15) is 0 Å². The van der Waals surface area contributed by atoms with Crippen LogP contribution in [0.5, 0.6) is 0 Å². The van der Waals surface area contributed by atoms with Crippen molar-refractivity contribution < 1.29 is 0 Å². The molecule has 2 aliphatic rings. The Labute approximate surface area is 347 Å². The van der Waals surface area contributed by atoms with E-state index < -0.39 is 5.41 Å². The van der Waals surface area contributed by atoms with E-state index >= 15 is 0 Å². The van der Waals surface area contributed by atoms with Crippen LogP contribution in [0.15, 0.2) is 224 Å². The number of hydrogen-bond donors (Lipinski definition) is 0. The minimum atomic E-state index is -0.474. The van der Waals surface area contributed by atoms with Crippen LogP contribution >= 0.6 is 0 Å². The molecule has 11 rings (SSSR count). The molecular weight excluding hydrogens is 711 g/mol. The maximum atomic E-state index is 2.54. The van der Waals surface area contributed by atoms with Gasteiger partial charge in [0.05, 0.1) is 11.1 Å². The van der Waals surface area contributed by atoms with Gasteiger partial charge >= 0.3 is 0 Å². The topological polar surface area (TPSA) is 3.24 Å². The summed E-state index contributed by atoms with van der Waals surface area (Å²) >= 11 is 0. The van der Waals surface area contributed by atoms with Gasteiger partial charge in [-0.3, -0.25) is 0 Å². The second kappa shape index (κ2) is 13.7. The van der Waals surface area contributed by atoms with E-state index in [-0.39, 0.29) is 5.41 Å². The first-order valence-corrected chi connectivity index (χ1v) is 20.7. The number of benzene rings is 9. The van der Waals surface area contributed by atoms with Crippen molar-refractivity contribution in [1.29, 1.82) is 0 Å². The quantitative estimate of drug-likeness (QED) is 0.157.